The SMILES string of the molecule is Cc1c[nH]c2ncnc(NC3CCN(C)c4ccccc43)c12.Cc1c[nH]c2ncnc(NC3CCN(Cc4ccccc4)CC3)c12.Cc1c[nH]c2ncnc(NC3CS(=O)(=O)Cc4ccccc43)c12. The summed E-state index contributed by atoms with van der Waals surface area (Å²) in [5, 5.41) is 13.7. The van der Waals surface area contributed by atoms with Crippen molar-refractivity contribution in [1.29, 1.82) is 0 Å². The van der Waals surface area contributed by atoms with E-state index in [1.165, 1.54) is 34.3 Å². The third-order valence-electron chi connectivity index (χ3n) is 13.5. The van der Waals surface area contributed by atoms with Crippen molar-refractivity contribution in [3.8, 4) is 0 Å². The summed E-state index contributed by atoms with van der Waals surface area (Å²) in [5.41, 5.74) is 11.8. The van der Waals surface area contributed by atoms with E-state index in [0.717, 1.165) is 107 Å². The lowest BCUT2D eigenvalue weighted by Gasteiger charge is -2.33. The zero-order valence-electron chi connectivity index (χ0n) is 39.4. The van der Waals surface area contributed by atoms with Crippen LogP contribution in [0.1, 0.15) is 70.3 Å². The number of likely N-dealkylation sites (tertiary alicyclic amines) is 1. The highest BCUT2D eigenvalue weighted by molar-refractivity contribution is 7.90. The second-order valence-electron chi connectivity index (χ2n) is 18.3. The third kappa shape index (κ3) is 9.96. The summed E-state index contributed by atoms with van der Waals surface area (Å²) < 4.78 is 24.4. The van der Waals surface area contributed by atoms with E-state index in [1.807, 2.05) is 49.8 Å². The van der Waals surface area contributed by atoms with Gasteiger partial charge in [-0.05, 0) is 85.0 Å². The Bertz CT molecular complexity index is 3320. The van der Waals surface area contributed by atoms with Crippen molar-refractivity contribution in [3.05, 3.63) is 155 Å². The maximum atomic E-state index is 12.2. The van der Waals surface area contributed by atoms with Crippen LogP contribution >= 0.6 is 0 Å². The number of anilines is 4. The van der Waals surface area contributed by atoms with Crippen LogP contribution in [0.25, 0.3) is 33.1 Å². The number of aromatic nitrogens is 9. The average Bonchev–Trinajstić information content (AvgIpc) is 4.07. The van der Waals surface area contributed by atoms with Crippen LogP contribution in [-0.2, 0) is 22.1 Å². The smallest absolute Gasteiger partial charge is 0.156 e. The Hall–Kier alpha value is -7.37. The number of benzene rings is 3. The van der Waals surface area contributed by atoms with Gasteiger partial charge in [0, 0.05) is 63.5 Å². The molecule has 0 bridgehead atoms. The van der Waals surface area contributed by atoms with E-state index in [2.05, 4.69) is 146 Å². The van der Waals surface area contributed by atoms with Gasteiger partial charge < -0.3 is 35.8 Å². The zero-order valence-corrected chi connectivity index (χ0v) is 40.2. The van der Waals surface area contributed by atoms with Crippen LogP contribution in [0.5, 0.6) is 0 Å². The first-order valence-electron chi connectivity index (χ1n) is 23.6. The summed E-state index contributed by atoms with van der Waals surface area (Å²) in [6, 6.07) is 27.4. The van der Waals surface area contributed by atoms with E-state index in [4.69, 9.17) is 0 Å². The molecule has 3 aromatic carbocycles. The summed E-state index contributed by atoms with van der Waals surface area (Å²) >= 11 is 0. The molecule has 1 fully saturated rings. The minimum Gasteiger partial charge on any atom is -0.374 e. The average molecular weight is 943 g/mol. The van der Waals surface area contributed by atoms with Crippen molar-refractivity contribution in [2.24, 2.45) is 0 Å². The lowest BCUT2D eigenvalue weighted by atomic mass is 9.96. The molecule has 0 spiro atoms. The molecule has 354 valence electrons. The van der Waals surface area contributed by atoms with E-state index < -0.39 is 9.84 Å². The van der Waals surface area contributed by atoms with E-state index in [-0.39, 0.29) is 23.6 Å². The fraction of sp³-hybridized carbons (Fsp3) is 0.308. The molecule has 1 saturated heterocycles. The van der Waals surface area contributed by atoms with E-state index >= 15 is 0 Å². The molecule has 69 heavy (non-hydrogen) atoms. The van der Waals surface area contributed by atoms with Gasteiger partial charge in [0.15, 0.2) is 9.84 Å². The van der Waals surface area contributed by atoms with Crippen LogP contribution in [-0.4, -0.2) is 96.7 Å². The highest BCUT2D eigenvalue weighted by Gasteiger charge is 2.30. The van der Waals surface area contributed by atoms with E-state index in [1.54, 1.807) is 12.7 Å². The molecule has 0 aliphatic carbocycles. The summed E-state index contributed by atoms with van der Waals surface area (Å²) in [6.45, 7) is 10.5. The third-order valence-corrected chi connectivity index (χ3v) is 15.1. The molecule has 6 N–H and O–H groups in total. The van der Waals surface area contributed by atoms with Crippen LogP contribution in [0.2, 0.25) is 0 Å². The quantitative estimate of drug-likeness (QED) is 0.0844. The Morgan fingerprint density at radius 3 is 1.68 bits per heavy atom. The van der Waals surface area contributed by atoms with Gasteiger partial charge in [-0.25, -0.2) is 38.3 Å². The Morgan fingerprint density at radius 2 is 1.09 bits per heavy atom. The van der Waals surface area contributed by atoms with Crippen molar-refractivity contribution in [2.45, 2.75) is 70.5 Å². The highest BCUT2D eigenvalue weighted by Crippen LogP contribution is 2.37. The Labute approximate surface area is 401 Å². The van der Waals surface area contributed by atoms with Crippen LogP contribution in [0.4, 0.5) is 23.1 Å². The molecular formula is C52H58N14O2S. The molecule has 0 saturated carbocycles. The molecule has 9 heterocycles. The van der Waals surface area contributed by atoms with Gasteiger partial charge in [-0.3, -0.25) is 4.90 Å². The predicted molar refractivity (Wildman–Crippen MR) is 275 cm³/mol. The van der Waals surface area contributed by atoms with Crippen LogP contribution in [0.15, 0.2) is 116 Å². The maximum Gasteiger partial charge on any atom is 0.156 e. The van der Waals surface area contributed by atoms with Crippen molar-refractivity contribution < 1.29 is 8.42 Å². The molecule has 2 unspecified atom stereocenters. The predicted octanol–water partition coefficient (Wildman–Crippen LogP) is 8.95. The van der Waals surface area contributed by atoms with Gasteiger partial charge in [-0.15, -0.1) is 0 Å². The molecule has 12 rings (SSSR count). The van der Waals surface area contributed by atoms with Gasteiger partial charge in [0.1, 0.15) is 53.4 Å². The molecule has 9 aromatic rings. The Balaban J connectivity index is 0.000000120. The number of fused-ring (bicyclic) bond motifs is 5. The standard InChI is InChI=1S/C19H23N5.C17H19N5.C16H16N4O2S/c1-14-11-20-18-17(14)19(22-13-21-18)23-16-7-9-24(10-8-16)12-15-5-3-2-4-6-15;1-11-9-18-16-15(11)17(20-10-19-16)21-13-7-8-22(2)14-6-4-3-5-12(13)14;1-10-6-17-15-14(10)16(19-9-18-15)20-13-8-23(21,22)7-11-4-2-3-5-12(11)13/h2-6,11,13,16H,7-10,12H2,1H3,(H2,20,21,22,23);3-6,9-10,13H,7-8H2,1-2H3,(H2,18,19,20,21);2-6,9,13H,7-8H2,1H3,(H2,17,18,19,20). The van der Waals surface area contributed by atoms with Gasteiger partial charge in [0.2, 0.25) is 0 Å². The second-order valence-corrected chi connectivity index (χ2v) is 20.5. The zero-order chi connectivity index (χ0) is 47.5. The van der Waals surface area contributed by atoms with Crippen molar-refractivity contribution in [3.63, 3.8) is 0 Å². The van der Waals surface area contributed by atoms with E-state index in [9.17, 15) is 8.42 Å². The number of rotatable bonds is 8. The number of H-pyrrole nitrogens is 3. The van der Waals surface area contributed by atoms with Crippen LogP contribution < -0.4 is 20.9 Å². The topological polar surface area (TPSA) is 201 Å². The number of piperidine rings is 1. The van der Waals surface area contributed by atoms with E-state index in [0.29, 0.717) is 11.9 Å². The first-order valence-corrected chi connectivity index (χ1v) is 25.4. The number of hydrogen-bond donors (Lipinski definition) is 6. The van der Waals surface area contributed by atoms with Crippen molar-refractivity contribution in [2.75, 3.05) is 53.3 Å². The Morgan fingerprint density at radius 1 is 0.580 bits per heavy atom. The summed E-state index contributed by atoms with van der Waals surface area (Å²) in [4.78, 5) is 40.4. The number of nitrogens with zero attached hydrogens (tertiary/aromatic N) is 8. The van der Waals surface area contributed by atoms with Gasteiger partial charge in [0.05, 0.1) is 39.7 Å². The molecular weight excluding hydrogens is 885 g/mol. The molecule has 2 atom stereocenters. The van der Waals surface area contributed by atoms with Gasteiger partial charge in [-0.2, -0.15) is 0 Å². The van der Waals surface area contributed by atoms with Gasteiger partial charge in [0.25, 0.3) is 0 Å². The highest BCUT2D eigenvalue weighted by atomic mass is 32.2. The number of hydrogen-bond acceptors (Lipinski definition) is 13. The molecule has 16 nitrogen and oxygen atoms in total. The van der Waals surface area contributed by atoms with Crippen molar-refractivity contribution in [1.82, 2.24) is 49.8 Å². The number of aryl methyl sites for hydroxylation is 3. The monoisotopic (exact) mass is 942 g/mol. The van der Waals surface area contributed by atoms with Gasteiger partial charge >= 0.3 is 0 Å². The molecule has 0 radical (unpaired) electrons. The molecule has 3 aliphatic heterocycles. The summed E-state index contributed by atoms with van der Waals surface area (Å²) in [7, 11) is -0.982. The molecule has 17 heteroatoms. The van der Waals surface area contributed by atoms with Crippen molar-refractivity contribution >= 4 is 66.1 Å². The number of aromatic amines is 3. The fourth-order valence-corrected chi connectivity index (χ4v) is 11.5. The summed E-state index contributed by atoms with van der Waals surface area (Å²) in [6.07, 6.45) is 13.9. The summed E-state index contributed by atoms with van der Waals surface area (Å²) in [5.74, 6) is 2.70. The first-order chi connectivity index (χ1) is 33.6. The second kappa shape index (κ2) is 19.7. The molecule has 3 aliphatic rings. The minimum atomic E-state index is -3.13. The number of para-hydroxylation sites is 1. The molecule has 0 amide bonds. The molecule has 6 aromatic heterocycles. The normalized spacial score (nSPS) is 17.8. The lowest BCUT2D eigenvalue weighted by Crippen LogP contribution is -2.38. The fourth-order valence-electron chi connectivity index (χ4n) is 9.92. The largest absolute Gasteiger partial charge is 0.374 e. The number of sulfone groups is 1. The van der Waals surface area contributed by atoms with Crippen LogP contribution in [0.3, 0.4) is 0 Å². The van der Waals surface area contributed by atoms with Crippen LogP contribution in [0, 0.1) is 20.8 Å². The lowest BCUT2D eigenvalue weighted by molar-refractivity contribution is 0.211. The Kier molecular flexibility index (Phi) is 13.0. The first kappa shape index (κ1) is 45.4. The van der Waals surface area contributed by atoms with Gasteiger partial charge in [-0.1, -0.05) is 72.8 Å². The number of nitrogens with one attached hydrogen (secondary N) is 6. The maximum absolute atomic E-state index is 12.2. The minimum absolute atomic E-state index is 0.0684.